The summed E-state index contributed by atoms with van der Waals surface area (Å²) >= 11 is 0. The number of nitrogens with one attached hydrogen (secondary N) is 1. The van der Waals surface area contributed by atoms with E-state index in [-0.39, 0.29) is 12.3 Å². The van der Waals surface area contributed by atoms with Crippen molar-refractivity contribution in [3.8, 4) is 17.5 Å². The Balaban J connectivity index is 2.03. The van der Waals surface area contributed by atoms with Gasteiger partial charge in [0.15, 0.2) is 5.58 Å². The molecule has 5 heteroatoms. The maximum atomic E-state index is 11.6. The van der Waals surface area contributed by atoms with Crippen LogP contribution in [0.3, 0.4) is 0 Å². The van der Waals surface area contributed by atoms with Gasteiger partial charge in [0.25, 0.3) is 0 Å². The number of rotatable bonds is 3. The zero-order valence-corrected chi connectivity index (χ0v) is 12.9. The predicted molar refractivity (Wildman–Crippen MR) is 87.8 cm³/mol. The minimum absolute atomic E-state index is 0.176. The molecule has 0 atom stereocenters. The third kappa shape index (κ3) is 2.92. The highest BCUT2D eigenvalue weighted by molar-refractivity contribution is 5.94. The van der Waals surface area contributed by atoms with E-state index in [0.29, 0.717) is 22.7 Å². The van der Waals surface area contributed by atoms with Gasteiger partial charge in [-0.1, -0.05) is 18.2 Å². The molecule has 0 aliphatic carbocycles. The molecule has 0 spiro atoms. The van der Waals surface area contributed by atoms with Crippen molar-refractivity contribution in [1.29, 1.82) is 5.26 Å². The van der Waals surface area contributed by atoms with Gasteiger partial charge in [-0.15, -0.1) is 0 Å². The van der Waals surface area contributed by atoms with Gasteiger partial charge < -0.3 is 9.73 Å². The summed E-state index contributed by atoms with van der Waals surface area (Å²) in [5, 5.41) is 11.3. The van der Waals surface area contributed by atoms with Crippen LogP contribution >= 0.6 is 0 Å². The molecule has 1 aromatic heterocycles. The van der Waals surface area contributed by atoms with Crippen LogP contribution in [0.2, 0.25) is 0 Å². The minimum atomic E-state index is -0.339. The Morgan fingerprint density at radius 2 is 2.04 bits per heavy atom. The number of nitrogens with zero attached hydrogens (tertiary/aromatic N) is 2. The number of hydrogen-bond acceptors (Lipinski definition) is 4. The number of benzene rings is 2. The molecule has 1 heterocycles. The van der Waals surface area contributed by atoms with Gasteiger partial charge in [0.1, 0.15) is 11.9 Å². The Hall–Kier alpha value is -3.13. The Morgan fingerprint density at radius 1 is 1.26 bits per heavy atom. The highest BCUT2D eigenvalue weighted by Gasteiger charge is 2.13. The predicted octanol–water partition coefficient (Wildman–Crippen LogP) is 3.96. The van der Waals surface area contributed by atoms with Crippen LogP contribution in [0.5, 0.6) is 0 Å². The van der Waals surface area contributed by atoms with Gasteiger partial charge in [-0.05, 0) is 43.2 Å². The van der Waals surface area contributed by atoms with Gasteiger partial charge in [0, 0.05) is 11.3 Å². The van der Waals surface area contributed by atoms with Crippen molar-refractivity contribution < 1.29 is 9.21 Å². The number of anilines is 1. The van der Waals surface area contributed by atoms with Crippen molar-refractivity contribution >= 4 is 22.7 Å². The Morgan fingerprint density at radius 3 is 2.78 bits per heavy atom. The standard InChI is InChI=1S/C18H15N3O2/c1-11-5-3-4-6-14(11)18-21-15-10-13(20-16(22)7-8-19)9-12(2)17(15)23-18/h3-6,9-10H,7H2,1-2H3,(H,20,22). The van der Waals surface area contributed by atoms with Crippen LogP contribution in [0.4, 0.5) is 5.69 Å². The van der Waals surface area contributed by atoms with Crippen LogP contribution in [0.15, 0.2) is 40.8 Å². The first-order valence-corrected chi connectivity index (χ1v) is 7.22. The second-order valence-electron chi connectivity index (χ2n) is 5.36. The van der Waals surface area contributed by atoms with Crippen molar-refractivity contribution in [2.75, 3.05) is 5.32 Å². The first kappa shape index (κ1) is 14.8. The number of carbonyl (C=O) groups is 1. The summed E-state index contributed by atoms with van der Waals surface area (Å²) in [5.74, 6) is 0.218. The summed E-state index contributed by atoms with van der Waals surface area (Å²) in [6.45, 7) is 3.90. The fourth-order valence-corrected chi connectivity index (χ4v) is 2.48. The SMILES string of the molecule is Cc1ccccc1-c1nc2cc(NC(=O)CC#N)cc(C)c2o1. The van der Waals surface area contributed by atoms with Gasteiger partial charge in [0.2, 0.25) is 11.8 Å². The number of nitriles is 1. The van der Waals surface area contributed by atoms with Gasteiger partial charge in [-0.25, -0.2) is 4.98 Å². The molecule has 3 aromatic rings. The third-order valence-electron chi connectivity index (χ3n) is 3.57. The zero-order valence-electron chi connectivity index (χ0n) is 12.9. The summed E-state index contributed by atoms with van der Waals surface area (Å²) in [7, 11) is 0. The fourth-order valence-electron chi connectivity index (χ4n) is 2.48. The lowest BCUT2D eigenvalue weighted by molar-refractivity contribution is -0.115. The van der Waals surface area contributed by atoms with E-state index >= 15 is 0 Å². The molecular weight excluding hydrogens is 290 g/mol. The second-order valence-corrected chi connectivity index (χ2v) is 5.36. The lowest BCUT2D eigenvalue weighted by Crippen LogP contribution is -2.10. The Kier molecular flexibility index (Phi) is 3.82. The normalized spacial score (nSPS) is 10.5. The van der Waals surface area contributed by atoms with Gasteiger partial charge in [0.05, 0.1) is 6.07 Å². The highest BCUT2D eigenvalue weighted by Crippen LogP contribution is 2.30. The molecule has 1 N–H and O–H groups in total. The van der Waals surface area contributed by atoms with E-state index < -0.39 is 0 Å². The van der Waals surface area contributed by atoms with Crippen LogP contribution in [0.25, 0.3) is 22.6 Å². The summed E-state index contributed by atoms with van der Waals surface area (Å²) in [5.41, 5.74) is 4.89. The monoisotopic (exact) mass is 305 g/mol. The second kappa shape index (κ2) is 5.93. The average Bonchev–Trinajstić information content (AvgIpc) is 2.92. The van der Waals surface area contributed by atoms with Gasteiger partial charge in [-0.3, -0.25) is 4.79 Å². The van der Waals surface area contributed by atoms with Gasteiger partial charge >= 0.3 is 0 Å². The molecule has 3 rings (SSSR count). The van der Waals surface area contributed by atoms with Crippen LogP contribution in [0.1, 0.15) is 17.5 Å². The lowest BCUT2D eigenvalue weighted by atomic mass is 10.1. The molecule has 23 heavy (non-hydrogen) atoms. The number of amides is 1. The maximum Gasteiger partial charge on any atom is 0.238 e. The van der Waals surface area contributed by atoms with E-state index in [9.17, 15) is 4.79 Å². The number of oxazole rings is 1. The van der Waals surface area contributed by atoms with E-state index in [0.717, 1.165) is 16.7 Å². The molecule has 0 aliphatic rings. The van der Waals surface area contributed by atoms with E-state index in [1.165, 1.54) is 0 Å². The van der Waals surface area contributed by atoms with Crippen LogP contribution in [-0.2, 0) is 4.79 Å². The minimum Gasteiger partial charge on any atom is -0.436 e. The molecule has 0 bridgehead atoms. The first-order chi connectivity index (χ1) is 11.1. The summed E-state index contributed by atoms with van der Waals surface area (Å²) in [4.78, 5) is 16.1. The molecule has 0 unspecified atom stereocenters. The van der Waals surface area contributed by atoms with Crippen molar-refractivity contribution in [1.82, 2.24) is 4.98 Å². The van der Waals surface area contributed by atoms with E-state index in [1.807, 2.05) is 50.2 Å². The summed E-state index contributed by atoms with van der Waals surface area (Å²) in [6.07, 6.45) is -0.176. The third-order valence-corrected chi connectivity index (χ3v) is 3.57. The van der Waals surface area contributed by atoms with E-state index in [4.69, 9.17) is 9.68 Å². The average molecular weight is 305 g/mol. The molecular formula is C18H15N3O2. The van der Waals surface area contributed by atoms with Crippen LogP contribution < -0.4 is 5.32 Å². The van der Waals surface area contributed by atoms with Crippen LogP contribution in [0, 0.1) is 25.2 Å². The molecule has 0 radical (unpaired) electrons. The lowest BCUT2D eigenvalue weighted by Gasteiger charge is -2.03. The molecule has 1 amide bonds. The van der Waals surface area contributed by atoms with E-state index in [1.54, 1.807) is 6.07 Å². The van der Waals surface area contributed by atoms with Gasteiger partial charge in [-0.2, -0.15) is 5.26 Å². The molecule has 0 aliphatic heterocycles. The molecule has 0 fully saturated rings. The molecule has 2 aromatic carbocycles. The number of aryl methyl sites for hydroxylation is 2. The summed E-state index contributed by atoms with van der Waals surface area (Å²) in [6, 6.07) is 13.3. The van der Waals surface area contributed by atoms with Crippen LogP contribution in [-0.4, -0.2) is 10.9 Å². The van der Waals surface area contributed by atoms with Crippen molar-refractivity contribution in [3.05, 3.63) is 47.5 Å². The Bertz CT molecular complexity index is 935. The fraction of sp³-hybridized carbons (Fsp3) is 0.167. The maximum absolute atomic E-state index is 11.6. The van der Waals surface area contributed by atoms with E-state index in [2.05, 4.69) is 10.3 Å². The molecule has 5 nitrogen and oxygen atoms in total. The summed E-state index contributed by atoms with van der Waals surface area (Å²) < 4.78 is 5.90. The number of fused-ring (bicyclic) bond motifs is 1. The number of aromatic nitrogens is 1. The topological polar surface area (TPSA) is 78.9 Å². The van der Waals surface area contributed by atoms with Crippen molar-refractivity contribution in [2.45, 2.75) is 20.3 Å². The molecule has 0 saturated carbocycles. The van der Waals surface area contributed by atoms with Crippen molar-refractivity contribution in [2.24, 2.45) is 0 Å². The first-order valence-electron chi connectivity index (χ1n) is 7.22. The number of hydrogen-bond donors (Lipinski definition) is 1. The zero-order chi connectivity index (χ0) is 16.4. The number of carbonyl (C=O) groups excluding carboxylic acids is 1. The molecule has 0 saturated heterocycles. The largest absolute Gasteiger partial charge is 0.436 e. The smallest absolute Gasteiger partial charge is 0.238 e. The molecule has 114 valence electrons. The van der Waals surface area contributed by atoms with Crippen molar-refractivity contribution in [3.63, 3.8) is 0 Å². The highest BCUT2D eigenvalue weighted by atomic mass is 16.3. The quantitative estimate of drug-likeness (QED) is 0.794. The Labute approximate surface area is 133 Å².